The van der Waals surface area contributed by atoms with Gasteiger partial charge in [0.1, 0.15) is 5.75 Å². The summed E-state index contributed by atoms with van der Waals surface area (Å²) in [6.07, 6.45) is 6.06. The monoisotopic (exact) mass is 248 g/mol. The van der Waals surface area contributed by atoms with Crippen molar-refractivity contribution in [3.8, 4) is 5.75 Å². The van der Waals surface area contributed by atoms with Crippen LogP contribution in [0.1, 0.15) is 37.7 Å². The number of hydrogen-bond donors (Lipinski definition) is 2. The SMILES string of the molecule is COc1cccc(C2(NCCCN)CCCC2)c1. The van der Waals surface area contributed by atoms with Crippen molar-refractivity contribution in [2.45, 2.75) is 37.6 Å². The van der Waals surface area contributed by atoms with Crippen molar-refractivity contribution in [2.75, 3.05) is 20.2 Å². The number of methoxy groups -OCH3 is 1. The lowest BCUT2D eigenvalue weighted by Gasteiger charge is -2.31. The van der Waals surface area contributed by atoms with Gasteiger partial charge in [0.15, 0.2) is 0 Å². The number of ether oxygens (including phenoxy) is 1. The smallest absolute Gasteiger partial charge is 0.119 e. The van der Waals surface area contributed by atoms with E-state index in [1.165, 1.54) is 31.2 Å². The minimum atomic E-state index is 0.143. The molecule has 3 N–H and O–H groups in total. The average molecular weight is 248 g/mol. The van der Waals surface area contributed by atoms with Crippen LogP contribution in [0.2, 0.25) is 0 Å². The van der Waals surface area contributed by atoms with Gasteiger partial charge in [-0.1, -0.05) is 25.0 Å². The molecule has 100 valence electrons. The second kappa shape index (κ2) is 6.21. The van der Waals surface area contributed by atoms with Gasteiger partial charge in [-0.2, -0.15) is 0 Å². The maximum absolute atomic E-state index is 5.58. The Morgan fingerprint density at radius 2 is 2.11 bits per heavy atom. The summed E-state index contributed by atoms with van der Waals surface area (Å²) in [5, 5.41) is 3.73. The van der Waals surface area contributed by atoms with Crippen LogP contribution >= 0.6 is 0 Å². The fourth-order valence-corrected chi connectivity index (χ4v) is 2.90. The normalized spacial score (nSPS) is 17.9. The van der Waals surface area contributed by atoms with E-state index in [2.05, 4.69) is 23.5 Å². The second-order valence-electron chi connectivity index (χ2n) is 5.09. The Balaban J connectivity index is 2.17. The van der Waals surface area contributed by atoms with Crippen molar-refractivity contribution >= 4 is 0 Å². The quantitative estimate of drug-likeness (QED) is 0.760. The first-order valence-corrected chi connectivity index (χ1v) is 6.90. The van der Waals surface area contributed by atoms with Gasteiger partial charge >= 0.3 is 0 Å². The predicted octanol–water partition coefficient (Wildman–Crippen LogP) is 2.40. The molecule has 1 aliphatic carbocycles. The van der Waals surface area contributed by atoms with Crippen LogP contribution < -0.4 is 15.8 Å². The third-order valence-corrected chi connectivity index (χ3v) is 3.92. The van der Waals surface area contributed by atoms with E-state index in [9.17, 15) is 0 Å². The molecule has 0 spiro atoms. The lowest BCUT2D eigenvalue weighted by atomic mass is 9.88. The van der Waals surface area contributed by atoms with Gasteiger partial charge in [0.05, 0.1) is 7.11 Å². The minimum Gasteiger partial charge on any atom is -0.497 e. The van der Waals surface area contributed by atoms with Gasteiger partial charge in [-0.3, -0.25) is 0 Å². The van der Waals surface area contributed by atoms with Crippen LogP contribution in [0.5, 0.6) is 5.75 Å². The first kappa shape index (κ1) is 13.4. The van der Waals surface area contributed by atoms with Crippen molar-refractivity contribution in [3.63, 3.8) is 0 Å². The van der Waals surface area contributed by atoms with E-state index in [0.717, 1.165) is 25.3 Å². The molecule has 0 unspecified atom stereocenters. The number of nitrogens with two attached hydrogens (primary N) is 1. The van der Waals surface area contributed by atoms with Crippen LogP contribution in [-0.2, 0) is 5.54 Å². The van der Waals surface area contributed by atoms with Crippen LogP contribution in [0.15, 0.2) is 24.3 Å². The highest BCUT2D eigenvalue weighted by atomic mass is 16.5. The van der Waals surface area contributed by atoms with Crippen molar-refractivity contribution in [1.82, 2.24) is 5.32 Å². The average Bonchev–Trinajstić information content (AvgIpc) is 2.89. The largest absolute Gasteiger partial charge is 0.497 e. The fourth-order valence-electron chi connectivity index (χ4n) is 2.90. The summed E-state index contributed by atoms with van der Waals surface area (Å²) in [4.78, 5) is 0. The molecule has 0 heterocycles. The van der Waals surface area contributed by atoms with Crippen LogP contribution in [0.4, 0.5) is 0 Å². The van der Waals surface area contributed by atoms with E-state index in [-0.39, 0.29) is 5.54 Å². The van der Waals surface area contributed by atoms with Crippen molar-refractivity contribution in [3.05, 3.63) is 29.8 Å². The molecule has 1 aromatic rings. The van der Waals surface area contributed by atoms with Crippen LogP contribution in [0.3, 0.4) is 0 Å². The molecule has 0 radical (unpaired) electrons. The molecule has 0 amide bonds. The van der Waals surface area contributed by atoms with Crippen molar-refractivity contribution in [2.24, 2.45) is 5.73 Å². The fraction of sp³-hybridized carbons (Fsp3) is 0.600. The summed E-state index contributed by atoms with van der Waals surface area (Å²) in [5.41, 5.74) is 7.08. The molecule has 3 nitrogen and oxygen atoms in total. The summed E-state index contributed by atoms with van der Waals surface area (Å²) in [6, 6.07) is 8.47. The van der Waals surface area contributed by atoms with Gasteiger partial charge in [0.25, 0.3) is 0 Å². The zero-order valence-corrected chi connectivity index (χ0v) is 11.2. The summed E-state index contributed by atoms with van der Waals surface area (Å²) in [7, 11) is 1.72. The summed E-state index contributed by atoms with van der Waals surface area (Å²) < 4.78 is 5.34. The number of hydrogen-bond acceptors (Lipinski definition) is 3. The van der Waals surface area contributed by atoms with Crippen LogP contribution in [0.25, 0.3) is 0 Å². The molecule has 0 aromatic heterocycles. The van der Waals surface area contributed by atoms with Gasteiger partial charge in [0.2, 0.25) is 0 Å². The third kappa shape index (κ3) is 2.85. The highest BCUT2D eigenvalue weighted by Gasteiger charge is 2.34. The zero-order valence-electron chi connectivity index (χ0n) is 11.2. The summed E-state index contributed by atoms with van der Waals surface area (Å²) >= 11 is 0. The number of rotatable bonds is 6. The van der Waals surface area contributed by atoms with Gasteiger partial charge in [-0.15, -0.1) is 0 Å². The van der Waals surface area contributed by atoms with E-state index in [0.29, 0.717) is 0 Å². The van der Waals surface area contributed by atoms with Gasteiger partial charge in [-0.05, 0) is 50.0 Å². The Hall–Kier alpha value is -1.06. The molecule has 0 bridgehead atoms. The summed E-state index contributed by atoms with van der Waals surface area (Å²) in [5.74, 6) is 0.944. The highest BCUT2D eigenvalue weighted by molar-refractivity contribution is 5.34. The van der Waals surface area contributed by atoms with Gasteiger partial charge < -0.3 is 15.8 Å². The standard InChI is InChI=1S/C15H24N2O/c1-18-14-7-4-6-13(12-14)15(8-2-3-9-15)17-11-5-10-16/h4,6-7,12,17H,2-3,5,8-11,16H2,1H3. The Morgan fingerprint density at radius 3 is 2.78 bits per heavy atom. The number of benzene rings is 1. The molecule has 0 saturated heterocycles. The van der Waals surface area contributed by atoms with Gasteiger partial charge in [-0.25, -0.2) is 0 Å². The molecular formula is C15H24N2O. The molecule has 1 aromatic carbocycles. The Labute approximate surface area is 110 Å². The highest BCUT2D eigenvalue weighted by Crippen LogP contribution is 2.39. The third-order valence-electron chi connectivity index (χ3n) is 3.92. The zero-order chi connectivity index (χ0) is 12.8. The van der Waals surface area contributed by atoms with Crippen LogP contribution in [0, 0.1) is 0 Å². The number of nitrogens with one attached hydrogen (secondary N) is 1. The topological polar surface area (TPSA) is 47.3 Å². The molecule has 1 fully saturated rings. The molecule has 2 rings (SSSR count). The minimum absolute atomic E-state index is 0.143. The molecule has 0 atom stereocenters. The van der Waals surface area contributed by atoms with E-state index in [4.69, 9.17) is 10.5 Å². The maximum Gasteiger partial charge on any atom is 0.119 e. The first-order chi connectivity index (χ1) is 8.80. The van der Waals surface area contributed by atoms with Gasteiger partial charge in [0, 0.05) is 5.54 Å². The van der Waals surface area contributed by atoms with Crippen molar-refractivity contribution < 1.29 is 4.74 Å². The molecule has 1 aliphatic rings. The lowest BCUT2D eigenvalue weighted by Crippen LogP contribution is -2.40. The first-order valence-electron chi connectivity index (χ1n) is 6.90. The second-order valence-corrected chi connectivity index (χ2v) is 5.09. The molecule has 1 saturated carbocycles. The lowest BCUT2D eigenvalue weighted by molar-refractivity contribution is 0.338. The molecule has 3 heteroatoms. The molecular weight excluding hydrogens is 224 g/mol. The van der Waals surface area contributed by atoms with Crippen molar-refractivity contribution in [1.29, 1.82) is 0 Å². The molecule has 18 heavy (non-hydrogen) atoms. The van der Waals surface area contributed by atoms with E-state index >= 15 is 0 Å². The Bertz CT molecular complexity index is 373. The van der Waals surface area contributed by atoms with E-state index in [1.54, 1.807) is 7.11 Å². The Kier molecular flexibility index (Phi) is 4.61. The predicted molar refractivity (Wildman–Crippen MR) is 74.8 cm³/mol. The summed E-state index contributed by atoms with van der Waals surface area (Å²) in [6.45, 7) is 1.74. The van der Waals surface area contributed by atoms with E-state index in [1.807, 2.05) is 6.07 Å². The Morgan fingerprint density at radius 1 is 1.33 bits per heavy atom. The maximum atomic E-state index is 5.58. The molecule has 0 aliphatic heterocycles. The van der Waals surface area contributed by atoms with Crippen LogP contribution in [-0.4, -0.2) is 20.2 Å². The van der Waals surface area contributed by atoms with E-state index < -0.39 is 0 Å².